The fourth-order valence-electron chi connectivity index (χ4n) is 28.5. The summed E-state index contributed by atoms with van der Waals surface area (Å²) in [5.74, 6) is 0. The number of rotatable bonds is 0. The fraction of sp³-hybridized carbons (Fsp3) is 0.176. The first-order chi connectivity index (χ1) is 34.3. The second kappa shape index (κ2) is 5.63. The molecule has 70 heavy (non-hydrogen) atoms. The van der Waals surface area contributed by atoms with Crippen molar-refractivity contribution in [2.45, 2.75) is 21.7 Å². The topological polar surface area (TPSA) is 0 Å². The standard InChI is InChI=1S/C68H20N2/c1-69(2)5-65-57-41-30-19-12-13-17-10-9-14-11-15(10)26-35-24(17)31-20(13)22-21(19)32-29-33(22)44-42(31)58-46(35)48-37(26)28-18(11)27-36-25(14)34(23(30)16(9)12)45(57)47(36)59-49-38(27)39(28)50-54-53(49)63(67(59,65)7-69)55-51(61(65)43(32)41)40(29)52-56(55)64(54)68(60(48)50)8-70(3,4)6-66(58,68)62(44)52/h5-8H2,1-4H3/q+2. The van der Waals surface area contributed by atoms with Crippen molar-refractivity contribution < 1.29 is 8.97 Å². The highest BCUT2D eigenvalue weighted by atomic mass is 15.4. The molecule has 4 spiro atoms. The van der Waals surface area contributed by atoms with E-state index in [2.05, 4.69) is 28.2 Å². The van der Waals surface area contributed by atoms with Crippen LogP contribution in [-0.4, -0.2) is 63.3 Å². The van der Waals surface area contributed by atoms with Crippen LogP contribution in [0.3, 0.4) is 0 Å². The molecular weight excluding hydrogens is 845 g/mol. The zero-order valence-corrected chi connectivity index (χ0v) is 37.7. The van der Waals surface area contributed by atoms with Crippen molar-refractivity contribution in [3.05, 3.63) is 44.5 Å². The lowest BCUT2D eigenvalue weighted by Crippen LogP contribution is -2.51. The van der Waals surface area contributed by atoms with E-state index in [1.165, 1.54) is 26.2 Å². The SMILES string of the molecule is C[N+]1(C)CC23c4c5c6c7c8c4c4c2c2c9c%10c%11c%12c(c5c5c6c6c%13c%14c%15c%16c%17c(c8c8c4c4c2c2c9c9c%11c%11c%18c%12c5c%13c%18c5c%14c%12c%16c%13c%17c8c4c4c2c2c9c%11c5c%12c2c%134)C72C[N+](C)(C)CC6%152)C%103C1. The van der Waals surface area contributed by atoms with Crippen molar-refractivity contribution in [3.8, 4) is 0 Å². The predicted octanol–water partition coefficient (Wildman–Crippen LogP) is 15.0. The van der Waals surface area contributed by atoms with Crippen molar-refractivity contribution in [2.75, 3.05) is 54.4 Å². The molecule has 2 aliphatic heterocycles. The first kappa shape index (κ1) is 26.6. The minimum atomic E-state index is -0.107. The van der Waals surface area contributed by atoms with Crippen LogP contribution in [0.5, 0.6) is 0 Å². The van der Waals surface area contributed by atoms with E-state index in [0.29, 0.717) is 0 Å². The molecule has 24 aromatic rings. The van der Waals surface area contributed by atoms with Gasteiger partial charge in [0.1, 0.15) is 0 Å². The fourth-order valence-corrected chi connectivity index (χ4v) is 28.5. The number of nitrogens with zero attached hydrogens (tertiary/aromatic N) is 2. The van der Waals surface area contributed by atoms with Gasteiger partial charge in [-0.1, -0.05) is 0 Å². The van der Waals surface area contributed by atoms with Crippen molar-refractivity contribution >= 4 is 259 Å². The largest absolute Gasteiger partial charge is 0.326 e. The quantitative estimate of drug-likeness (QED) is 0.105. The normalized spacial score (nSPS) is 29.7. The lowest BCUT2D eigenvalue weighted by atomic mass is 9.49. The molecule has 2 nitrogen and oxygen atoms in total. The maximum Gasteiger partial charge on any atom is 0.0937 e. The summed E-state index contributed by atoms with van der Waals surface area (Å²) in [6, 6.07) is 0. The Labute approximate surface area is 386 Å². The number of hydrogen-bond acceptors (Lipinski definition) is 0. The lowest BCUT2D eigenvalue weighted by Gasteiger charge is -2.48. The molecule has 2 heteroatoms. The van der Waals surface area contributed by atoms with E-state index in [1.54, 1.807) is 259 Å². The van der Waals surface area contributed by atoms with Gasteiger partial charge in [-0.05, 0) is 303 Å². The third kappa shape index (κ3) is 1.33. The molecule has 0 N–H and O–H groups in total. The number of quaternary nitrogens is 2. The summed E-state index contributed by atoms with van der Waals surface area (Å²) >= 11 is 0. The van der Waals surface area contributed by atoms with Crippen LogP contribution in [-0.2, 0) is 21.7 Å². The Morgan fingerprint density at radius 1 is 0.157 bits per heavy atom. The Kier molecular flexibility index (Phi) is 2.14. The molecule has 34 rings (SSSR count). The van der Waals surface area contributed by atoms with Crippen LogP contribution in [0.25, 0.3) is 259 Å². The van der Waals surface area contributed by atoms with Crippen LogP contribution in [0.2, 0.25) is 0 Å². The summed E-state index contributed by atoms with van der Waals surface area (Å²) in [7, 11) is 10.7. The Morgan fingerprint density at radius 2 is 0.243 bits per heavy atom. The zero-order chi connectivity index (χ0) is 42.2. The molecule has 4 atom stereocenters. The molecule has 0 saturated carbocycles. The third-order valence-corrected chi connectivity index (χ3v) is 27.5. The molecule has 2 saturated heterocycles. The second-order valence-corrected chi connectivity index (χ2v) is 29.1. The molecule has 24 aromatic carbocycles. The Morgan fingerprint density at radius 3 is 0.371 bits per heavy atom. The van der Waals surface area contributed by atoms with Gasteiger partial charge in [0, 0.05) is 0 Å². The van der Waals surface area contributed by atoms with Gasteiger partial charge in [-0.15, -0.1) is 0 Å². The van der Waals surface area contributed by atoms with Crippen LogP contribution >= 0.6 is 0 Å². The van der Waals surface area contributed by atoms with E-state index in [4.69, 9.17) is 0 Å². The van der Waals surface area contributed by atoms with Gasteiger partial charge < -0.3 is 8.97 Å². The summed E-state index contributed by atoms with van der Waals surface area (Å²) in [5.41, 5.74) is 14.4. The highest BCUT2D eigenvalue weighted by Crippen LogP contribution is 2.88. The minimum Gasteiger partial charge on any atom is -0.326 e. The molecule has 0 amide bonds. The summed E-state index contributed by atoms with van der Waals surface area (Å²) in [6.45, 7) is 4.81. The average molecular weight is 865 g/mol. The summed E-state index contributed by atoms with van der Waals surface area (Å²) in [5, 5.41) is 83.2. The minimum absolute atomic E-state index is 0.104. The molecule has 0 aromatic heterocycles. The molecule has 10 aliphatic rings. The maximum absolute atomic E-state index is 2.68. The van der Waals surface area contributed by atoms with Crippen molar-refractivity contribution in [1.82, 2.24) is 0 Å². The summed E-state index contributed by atoms with van der Waals surface area (Å²) in [6.07, 6.45) is 0. The molecular formula is C68H20N2+2. The van der Waals surface area contributed by atoms with Crippen molar-refractivity contribution in [1.29, 1.82) is 0 Å². The first-order valence-electron chi connectivity index (χ1n) is 27.0. The summed E-state index contributed by atoms with van der Waals surface area (Å²) in [4.78, 5) is 0. The van der Waals surface area contributed by atoms with Gasteiger partial charge in [-0.25, -0.2) is 0 Å². The molecule has 300 valence electrons. The van der Waals surface area contributed by atoms with Crippen molar-refractivity contribution in [3.63, 3.8) is 0 Å². The molecule has 0 radical (unpaired) electrons. The van der Waals surface area contributed by atoms with Crippen LogP contribution < -0.4 is 0 Å². The van der Waals surface area contributed by atoms with Gasteiger partial charge in [0.05, 0.1) is 76.0 Å². The smallest absolute Gasteiger partial charge is 0.0937 e. The number of likely N-dealkylation sites (N-methyl/N-ethyl adjacent to an activating group) is 2. The van der Waals surface area contributed by atoms with Crippen LogP contribution in [0.1, 0.15) is 44.5 Å². The second-order valence-electron chi connectivity index (χ2n) is 29.1. The van der Waals surface area contributed by atoms with Crippen molar-refractivity contribution in [2.24, 2.45) is 0 Å². The van der Waals surface area contributed by atoms with Gasteiger partial charge in [-0.3, -0.25) is 0 Å². The number of hydrogen-bond donors (Lipinski definition) is 0. The van der Waals surface area contributed by atoms with E-state index in [1.807, 2.05) is 44.5 Å². The van der Waals surface area contributed by atoms with Crippen LogP contribution in [0, 0.1) is 0 Å². The monoisotopic (exact) mass is 864 g/mol. The van der Waals surface area contributed by atoms with Crippen LogP contribution in [0.4, 0.5) is 0 Å². The highest BCUT2D eigenvalue weighted by Gasteiger charge is 2.80. The average Bonchev–Trinajstić information content (AvgIpc) is 4.33. The van der Waals surface area contributed by atoms with Gasteiger partial charge in [0.2, 0.25) is 0 Å². The number of likely N-dealkylation sites (tertiary alicyclic amines) is 2. The van der Waals surface area contributed by atoms with E-state index in [0.717, 1.165) is 8.97 Å². The molecule has 4 unspecified atom stereocenters. The van der Waals surface area contributed by atoms with E-state index in [-0.39, 0.29) is 21.7 Å². The lowest BCUT2D eigenvalue weighted by molar-refractivity contribution is -0.880. The molecule has 2 fully saturated rings. The van der Waals surface area contributed by atoms with E-state index in [9.17, 15) is 0 Å². The Bertz CT molecular complexity index is 6860. The Balaban J connectivity index is 1.21. The van der Waals surface area contributed by atoms with Gasteiger partial charge >= 0.3 is 0 Å². The third-order valence-electron chi connectivity index (χ3n) is 27.5. The van der Waals surface area contributed by atoms with Gasteiger partial charge in [0.15, 0.2) is 0 Å². The van der Waals surface area contributed by atoms with E-state index >= 15 is 0 Å². The molecule has 8 aliphatic carbocycles. The van der Waals surface area contributed by atoms with Gasteiger partial charge in [0.25, 0.3) is 0 Å². The van der Waals surface area contributed by atoms with Gasteiger partial charge in [-0.2, -0.15) is 0 Å². The first-order valence-corrected chi connectivity index (χ1v) is 27.0. The predicted molar refractivity (Wildman–Crippen MR) is 291 cm³/mol. The molecule has 2 heterocycles. The van der Waals surface area contributed by atoms with Crippen LogP contribution in [0.15, 0.2) is 0 Å². The zero-order valence-electron chi connectivity index (χ0n) is 37.7. The highest BCUT2D eigenvalue weighted by molar-refractivity contribution is 6.78. The maximum atomic E-state index is 2.68. The number of benzene rings is 16. The summed E-state index contributed by atoms with van der Waals surface area (Å²) < 4.78 is 2.17. The molecule has 0 bridgehead atoms. The Hall–Kier alpha value is -7.36. The van der Waals surface area contributed by atoms with E-state index < -0.39 is 0 Å².